The minimum absolute atomic E-state index is 0.0838. The van der Waals surface area contributed by atoms with E-state index in [-0.39, 0.29) is 23.9 Å². The fourth-order valence-electron chi connectivity index (χ4n) is 4.00. The Morgan fingerprint density at radius 2 is 1.39 bits per heavy atom. The highest BCUT2D eigenvalue weighted by Gasteiger charge is 2.19. The summed E-state index contributed by atoms with van der Waals surface area (Å²) in [6.07, 6.45) is 19.5. The van der Waals surface area contributed by atoms with Crippen LogP contribution in [0.4, 0.5) is 0 Å². The quantitative estimate of drug-likeness (QED) is 0.0993. The molecule has 0 aliphatic carbocycles. The lowest BCUT2D eigenvalue weighted by molar-refractivity contribution is -0.137. The molecule has 0 heterocycles. The highest BCUT2D eigenvalue weighted by molar-refractivity contribution is 6.03. The molecule has 33 heavy (non-hydrogen) atoms. The van der Waals surface area contributed by atoms with Gasteiger partial charge in [-0.05, 0) is 31.1 Å². The molecule has 0 radical (unpaired) electrons. The van der Waals surface area contributed by atoms with Gasteiger partial charge in [0.25, 0.3) is 0 Å². The number of unbranched alkanes of at least 4 members (excludes halogenated alkanes) is 12. The van der Waals surface area contributed by atoms with Crippen molar-refractivity contribution in [3.63, 3.8) is 0 Å². The van der Waals surface area contributed by atoms with Gasteiger partial charge in [-0.2, -0.15) is 0 Å². The number of ether oxygens (including phenoxy) is 2. The Labute approximate surface area is 200 Å². The van der Waals surface area contributed by atoms with Crippen molar-refractivity contribution in [3.8, 4) is 11.5 Å². The van der Waals surface area contributed by atoms with Crippen molar-refractivity contribution in [2.75, 3.05) is 13.7 Å². The summed E-state index contributed by atoms with van der Waals surface area (Å²) in [7, 11) is 1.43. The van der Waals surface area contributed by atoms with Crippen molar-refractivity contribution in [1.29, 1.82) is 0 Å². The Kier molecular flexibility index (Phi) is 15.8. The second-order valence-corrected chi connectivity index (χ2v) is 8.58. The number of esters is 1. The van der Waals surface area contributed by atoms with Gasteiger partial charge in [0.15, 0.2) is 17.3 Å². The van der Waals surface area contributed by atoms with Gasteiger partial charge < -0.3 is 14.6 Å². The zero-order chi connectivity index (χ0) is 24.3. The monoisotopic (exact) mass is 460 g/mol. The number of hydrogen-bond donors (Lipinski definition) is 1. The van der Waals surface area contributed by atoms with E-state index in [0.29, 0.717) is 17.5 Å². The van der Waals surface area contributed by atoms with Gasteiger partial charge >= 0.3 is 5.97 Å². The molecule has 0 bridgehead atoms. The molecule has 1 aromatic rings. The van der Waals surface area contributed by atoms with Crippen LogP contribution in [0.1, 0.15) is 120 Å². The molecule has 0 saturated carbocycles. The number of carbonyl (C=O) groups excluding carboxylic acids is 2. The molecule has 5 heteroatoms. The number of hydrogen-bond acceptors (Lipinski definition) is 5. The summed E-state index contributed by atoms with van der Waals surface area (Å²) in [6, 6.07) is 3.08. The summed E-state index contributed by atoms with van der Waals surface area (Å²) in [5, 5.41) is 10.1. The summed E-state index contributed by atoms with van der Waals surface area (Å²) in [5.74, 6) is -0.492. The van der Waals surface area contributed by atoms with Gasteiger partial charge in [0, 0.05) is 12.5 Å². The van der Waals surface area contributed by atoms with E-state index in [2.05, 4.69) is 6.92 Å². The molecule has 0 aliphatic rings. The van der Waals surface area contributed by atoms with Crippen LogP contribution >= 0.6 is 0 Å². The molecular weight excluding hydrogens is 416 g/mol. The maximum atomic E-state index is 12.9. The van der Waals surface area contributed by atoms with E-state index >= 15 is 0 Å². The third-order valence-electron chi connectivity index (χ3n) is 5.85. The van der Waals surface area contributed by atoms with E-state index in [4.69, 9.17) is 9.47 Å². The van der Waals surface area contributed by atoms with E-state index in [0.717, 1.165) is 19.3 Å². The Morgan fingerprint density at radius 1 is 0.848 bits per heavy atom. The van der Waals surface area contributed by atoms with Crippen LogP contribution in [-0.2, 0) is 9.53 Å². The van der Waals surface area contributed by atoms with E-state index in [1.165, 1.54) is 89.5 Å². The summed E-state index contributed by atoms with van der Waals surface area (Å²) >= 11 is 0. The summed E-state index contributed by atoms with van der Waals surface area (Å²) in [5.41, 5.74) is 0.856. The smallest absolute Gasteiger partial charge is 0.330 e. The summed E-state index contributed by atoms with van der Waals surface area (Å²) in [4.78, 5) is 24.6. The highest BCUT2D eigenvalue weighted by atomic mass is 16.5. The highest BCUT2D eigenvalue weighted by Crippen LogP contribution is 2.34. The number of phenolic OH excluding ortho intramolecular Hbond substituents is 1. The van der Waals surface area contributed by atoms with Crippen molar-refractivity contribution in [2.45, 2.75) is 104 Å². The molecule has 0 unspecified atom stereocenters. The van der Waals surface area contributed by atoms with Gasteiger partial charge in [0.05, 0.1) is 19.3 Å². The van der Waals surface area contributed by atoms with Crippen molar-refractivity contribution < 1.29 is 24.2 Å². The fraction of sp³-hybridized carbons (Fsp3) is 0.643. The lowest BCUT2D eigenvalue weighted by Gasteiger charge is -2.13. The van der Waals surface area contributed by atoms with E-state index in [1.54, 1.807) is 13.0 Å². The second kappa shape index (κ2) is 18.2. The van der Waals surface area contributed by atoms with Crippen LogP contribution in [0.5, 0.6) is 11.5 Å². The van der Waals surface area contributed by atoms with Gasteiger partial charge in [-0.25, -0.2) is 4.79 Å². The fourth-order valence-corrected chi connectivity index (χ4v) is 4.00. The molecule has 1 N–H and O–H groups in total. The SMILES string of the molecule is CCCCCCCCCCCCCCCC(=O)c1c(C=CC(=O)OCC)ccc(O)c1OC. The van der Waals surface area contributed by atoms with Crippen LogP contribution in [0.2, 0.25) is 0 Å². The molecule has 1 rings (SSSR count). The lowest BCUT2D eigenvalue weighted by atomic mass is 9.97. The first-order valence-corrected chi connectivity index (χ1v) is 12.8. The average Bonchev–Trinajstić information content (AvgIpc) is 2.81. The summed E-state index contributed by atoms with van der Waals surface area (Å²) < 4.78 is 10.2. The molecule has 0 atom stereocenters. The predicted octanol–water partition coefficient (Wildman–Crippen LogP) is 7.64. The number of Topliss-reactive ketones (excluding diaryl/α,β-unsaturated/α-hetero) is 1. The van der Waals surface area contributed by atoms with Gasteiger partial charge in [-0.1, -0.05) is 90.0 Å². The first-order chi connectivity index (χ1) is 16.0. The molecule has 0 saturated heterocycles. The van der Waals surface area contributed by atoms with Crippen molar-refractivity contribution in [2.24, 2.45) is 0 Å². The molecule has 0 aliphatic heterocycles. The first kappa shape index (κ1) is 28.7. The number of ketones is 1. The Hall–Kier alpha value is -2.30. The van der Waals surface area contributed by atoms with Gasteiger partial charge in [-0.15, -0.1) is 0 Å². The molecule has 0 fully saturated rings. The summed E-state index contributed by atoms with van der Waals surface area (Å²) in [6.45, 7) is 4.27. The van der Waals surface area contributed by atoms with Crippen LogP contribution in [0.3, 0.4) is 0 Å². The van der Waals surface area contributed by atoms with Gasteiger partial charge in [-0.3, -0.25) is 4.79 Å². The van der Waals surface area contributed by atoms with Crippen molar-refractivity contribution >= 4 is 17.8 Å². The molecule has 0 amide bonds. The van der Waals surface area contributed by atoms with Gasteiger partial charge in [0.2, 0.25) is 0 Å². The maximum Gasteiger partial charge on any atom is 0.330 e. The minimum Gasteiger partial charge on any atom is -0.504 e. The Balaban J connectivity index is 2.41. The van der Waals surface area contributed by atoms with E-state index in [9.17, 15) is 14.7 Å². The number of phenols is 1. The van der Waals surface area contributed by atoms with Crippen LogP contribution in [0.25, 0.3) is 6.08 Å². The standard InChI is InChI=1S/C28H44O5/c1-4-6-7-8-9-10-11-12-13-14-15-16-17-18-24(29)27-23(20-22-26(31)33-5-2)19-21-25(30)28(27)32-3/h19-22,30H,4-18H2,1-3H3. The third kappa shape index (κ3) is 11.9. The molecule has 1 aromatic carbocycles. The zero-order valence-electron chi connectivity index (χ0n) is 21.0. The first-order valence-electron chi connectivity index (χ1n) is 12.8. The van der Waals surface area contributed by atoms with Crippen LogP contribution in [0.15, 0.2) is 18.2 Å². The Morgan fingerprint density at radius 3 is 1.91 bits per heavy atom. The average molecular weight is 461 g/mol. The van der Waals surface area contributed by atoms with Gasteiger partial charge in [0.1, 0.15) is 0 Å². The number of aromatic hydroxyl groups is 1. The molecule has 5 nitrogen and oxygen atoms in total. The minimum atomic E-state index is -0.473. The maximum absolute atomic E-state index is 12.9. The number of methoxy groups -OCH3 is 1. The van der Waals surface area contributed by atoms with Crippen molar-refractivity contribution in [1.82, 2.24) is 0 Å². The number of benzene rings is 1. The van der Waals surface area contributed by atoms with E-state index in [1.807, 2.05) is 0 Å². The molecule has 0 spiro atoms. The zero-order valence-corrected chi connectivity index (χ0v) is 21.0. The molecule has 0 aromatic heterocycles. The second-order valence-electron chi connectivity index (χ2n) is 8.58. The topological polar surface area (TPSA) is 72.8 Å². The number of rotatable bonds is 19. The molecular formula is C28H44O5. The van der Waals surface area contributed by atoms with Crippen LogP contribution in [0, 0.1) is 0 Å². The van der Waals surface area contributed by atoms with Crippen LogP contribution < -0.4 is 4.74 Å². The van der Waals surface area contributed by atoms with Crippen molar-refractivity contribution in [3.05, 3.63) is 29.3 Å². The number of carbonyl (C=O) groups is 2. The van der Waals surface area contributed by atoms with Crippen LogP contribution in [-0.4, -0.2) is 30.6 Å². The van der Waals surface area contributed by atoms with E-state index < -0.39 is 5.97 Å². The third-order valence-corrected chi connectivity index (χ3v) is 5.85. The molecule has 186 valence electrons. The lowest BCUT2D eigenvalue weighted by Crippen LogP contribution is -2.06. The Bertz CT molecular complexity index is 723. The normalized spacial score (nSPS) is 11.1. The predicted molar refractivity (Wildman–Crippen MR) is 135 cm³/mol. The largest absolute Gasteiger partial charge is 0.504 e.